The monoisotopic (exact) mass is 250 g/mol. The van der Waals surface area contributed by atoms with Crippen LogP contribution in [0.4, 0.5) is 0 Å². The van der Waals surface area contributed by atoms with E-state index >= 15 is 0 Å². The summed E-state index contributed by atoms with van der Waals surface area (Å²) >= 11 is 5.94. The quantitative estimate of drug-likeness (QED) is 0.779. The highest BCUT2D eigenvalue weighted by atomic mass is 35.5. The van der Waals surface area contributed by atoms with Crippen LogP contribution in [0.5, 0.6) is 0 Å². The van der Waals surface area contributed by atoms with Gasteiger partial charge in [0.25, 0.3) is 0 Å². The van der Waals surface area contributed by atoms with Gasteiger partial charge in [0.15, 0.2) is 5.65 Å². The number of aromatic nitrogens is 3. The van der Waals surface area contributed by atoms with E-state index in [0.29, 0.717) is 11.1 Å². The fourth-order valence-electron chi connectivity index (χ4n) is 2.32. The van der Waals surface area contributed by atoms with Crippen LogP contribution in [0.15, 0.2) is 12.3 Å². The van der Waals surface area contributed by atoms with E-state index in [1.807, 2.05) is 6.07 Å². The van der Waals surface area contributed by atoms with Gasteiger partial charge >= 0.3 is 0 Å². The number of hydrogen-bond acceptors (Lipinski definition) is 3. The van der Waals surface area contributed by atoms with Gasteiger partial charge in [-0.25, -0.2) is 9.97 Å². The number of rotatable bonds is 1. The van der Waals surface area contributed by atoms with Gasteiger partial charge in [0.2, 0.25) is 0 Å². The van der Waals surface area contributed by atoms with E-state index in [0.717, 1.165) is 36.6 Å². The van der Waals surface area contributed by atoms with E-state index in [4.69, 9.17) is 11.6 Å². The first-order valence-corrected chi connectivity index (χ1v) is 6.27. The molecule has 1 aliphatic rings. The Kier molecular flexibility index (Phi) is 2.56. The van der Waals surface area contributed by atoms with Crippen molar-refractivity contribution in [3.8, 4) is 0 Å². The molecular formula is C12H15ClN4. The van der Waals surface area contributed by atoms with Crippen LogP contribution < -0.4 is 0 Å². The summed E-state index contributed by atoms with van der Waals surface area (Å²) in [5.74, 6) is 1.09. The van der Waals surface area contributed by atoms with Gasteiger partial charge in [-0.2, -0.15) is 0 Å². The second-order valence-electron chi connectivity index (χ2n) is 4.74. The fourth-order valence-corrected chi connectivity index (χ4v) is 2.47. The zero-order valence-corrected chi connectivity index (χ0v) is 10.8. The van der Waals surface area contributed by atoms with Gasteiger partial charge in [-0.1, -0.05) is 11.6 Å². The Morgan fingerprint density at radius 2 is 2.18 bits per heavy atom. The topological polar surface area (TPSA) is 34.0 Å². The van der Waals surface area contributed by atoms with E-state index in [2.05, 4.69) is 33.3 Å². The molecule has 90 valence electrons. The number of hydrogen-bond donors (Lipinski definition) is 0. The van der Waals surface area contributed by atoms with Crippen molar-refractivity contribution in [2.45, 2.75) is 33.0 Å². The highest BCUT2D eigenvalue weighted by Crippen LogP contribution is 2.22. The van der Waals surface area contributed by atoms with Crippen LogP contribution in [0.3, 0.4) is 0 Å². The molecule has 0 spiro atoms. The Hall–Kier alpha value is -1.13. The Balaban J connectivity index is 2.07. The summed E-state index contributed by atoms with van der Waals surface area (Å²) in [7, 11) is 0. The lowest BCUT2D eigenvalue weighted by Gasteiger charge is -2.30. The molecule has 17 heavy (non-hydrogen) atoms. The average Bonchev–Trinajstić information content (AvgIpc) is 2.64. The van der Waals surface area contributed by atoms with Crippen LogP contribution in [0.25, 0.3) is 11.2 Å². The highest BCUT2D eigenvalue weighted by molar-refractivity contribution is 6.31. The van der Waals surface area contributed by atoms with Crippen molar-refractivity contribution in [3.63, 3.8) is 0 Å². The van der Waals surface area contributed by atoms with Crippen LogP contribution in [-0.2, 0) is 13.1 Å². The minimum absolute atomic E-state index is 0.556. The number of nitrogens with zero attached hydrogens (tertiary/aromatic N) is 4. The molecule has 0 amide bonds. The SMILES string of the molecule is CC(C)N1CCn2c(nc3cc(Cl)cnc32)C1. The largest absolute Gasteiger partial charge is 0.310 e. The predicted molar refractivity (Wildman–Crippen MR) is 68.1 cm³/mol. The van der Waals surface area contributed by atoms with Crippen molar-refractivity contribution < 1.29 is 0 Å². The lowest BCUT2D eigenvalue weighted by atomic mass is 10.2. The third-order valence-electron chi connectivity index (χ3n) is 3.32. The summed E-state index contributed by atoms with van der Waals surface area (Å²) in [6.07, 6.45) is 1.69. The third-order valence-corrected chi connectivity index (χ3v) is 3.52. The highest BCUT2D eigenvalue weighted by Gasteiger charge is 2.22. The zero-order valence-electron chi connectivity index (χ0n) is 10.0. The molecule has 3 heterocycles. The van der Waals surface area contributed by atoms with Gasteiger partial charge in [-0.15, -0.1) is 0 Å². The molecule has 1 aliphatic heterocycles. The van der Waals surface area contributed by atoms with Gasteiger partial charge in [-0.3, -0.25) is 4.90 Å². The maximum absolute atomic E-state index is 5.94. The summed E-state index contributed by atoms with van der Waals surface area (Å²) in [5.41, 5.74) is 1.85. The van der Waals surface area contributed by atoms with Crippen molar-refractivity contribution in [2.75, 3.05) is 6.54 Å². The summed E-state index contributed by atoms with van der Waals surface area (Å²) in [6.45, 7) is 7.34. The molecule has 4 nitrogen and oxygen atoms in total. The molecule has 0 N–H and O–H groups in total. The van der Waals surface area contributed by atoms with E-state index in [1.54, 1.807) is 6.20 Å². The van der Waals surface area contributed by atoms with E-state index in [1.165, 1.54) is 0 Å². The Labute approximate surface area is 105 Å². The van der Waals surface area contributed by atoms with Crippen LogP contribution in [0.2, 0.25) is 5.02 Å². The molecule has 2 aromatic rings. The van der Waals surface area contributed by atoms with Crippen LogP contribution in [0.1, 0.15) is 19.7 Å². The molecule has 0 saturated heterocycles. The van der Waals surface area contributed by atoms with E-state index < -0.39 is 0 Å². The van der Waals surface area contributed by atoms with Gasteiger partial charge in [0, 0.05) is 25.3 Å². The van der Waals surface area contributed by atoms with Crippen LogP contribution >= 0.6 is 11.6 Å². The molecule has 0 radical (unpaired) electrons. The second-order valence-corrected chi connectivity index (χ2v) is 5.18. The molecular weight excluding hydrogens is 236 g/mol. The molecule has 0 atom stereocenters. The average molecular weight is 251 g/mol. The Morgan fingerprint density at radius 3 is 2.94 bits per heavy atom. The minimum atomic E-state index is 0.556. The van der Waals surface area contributed by atoms with Crippen LogP contribution in [0, 0.1) is 0 Å². The van der Waals surface area contributed by atoms with Gasteiger partial charge in [0.1, 0.15) is 11.3 Å². The second kappa shape index (κ2) is 3.96. The smallest absolute Gasteiger partial charge is 0.160 e. The standard InChI is InChI=1S/C12H15ClN4/c1-8(2)16-3-4-17-11(7-16)15-10-5-9(13)6-14-12(10)17/h5-6,8H,3-4,7H2,1-2H3. The molecule has 0 bridgehead atoms. The van der Waals surface area contributed by atoms with E-state index in [-0.39, 0.29) is 0 Å². The molecule has 0 saturated carbocycles. The first kappa shape index (κ1) is 11.0. The minimum Gasteiger partial charge on any atom is -0.310 e. The number of halogens is 1. The molecule has 5 heteroatoms. The summed E-state index contributed by atoms with van der Waals surface area (Å²) in [6, 6.07) is 2.44. The number of imidazole rings is 1. The van der Waals surface area contributed by atoms with Crippen molar-refractivity contribution in [1.82, 2.24) is 19.4 Å². The molecule has 0 fully saturated rings. The van der Waals surface area contributed by atoms with Crippen molar-refractivity contribution >= 4 is 22.8 Å². The van der Waals surface area contributed by atoms with Gasteiger partial charge in [0.05, 0.1) is 11.6 Å². The maximum Gasteiger partial charge on any atom is 0.160 e. The Bertz CT molecular complexity index is 561. The number of fused-ring (bicyclic) bond motifs is 3. The lowest BCUT2D eigenvalue weighted by Crippen LogP contribution is -2.38. The van der Waals surface area contributed by atoms with Crippen molar-refractivity contribution in [1.29, 1.82) is 0 Å². The first-order valence-electron chi connectivity index (χ1n) is 5.90. The summed E-state index contributed by atoms with van der Waals surface area (Å²) < 4.78 is 2.20. The fraction of sp³-hybridized carbons (Fsp3) is 0.500. The molecule has 0 unspecified atom stereocenters. The maximum atomic E-state index is 5.94. The normalized spacial score (nSPS) is 16.7. The van der Waals surface area contributed by atoms with E-state index in [9.17, 15) is 0 Å². The predicted octanol–water partition coefficient (Wildman–Crippen LogP) is 2.31. The molecule has 3 rings (SSSR count). The first-order chi connectivity index (χ1) is 8.15. The van der Waals surface area contributed by atoms with Crippen molar-refractivity contribution in [3.05, 3.63) is 23.1 Å². The zero-order chi connectivity index (χ0) is 12.0. The summed E-state index contributed by atoms with van der Waals surface area (Å²) in [5, 5.41) is 0.647. The van der Waals surface area contributed by atoms with Crippen molar-refractivity contribution in [2.24, 2.45) is 0 Å². The third kappa shape index (κ3) is 1.81. The number of pyridine rings is 1. The summed E-state index contributed by atoms with van der Waals surface area (Å²) in [4.78, 5) is 11.4. The van der Waals surface area contributed by atoms with Gasteiger partial charge in [-0.05, 0) is 19.9 Å². The van der Waals surface area contributed by atoms with Gasteiger partial charge < -0.3 is 4.57 Å². The molecule has 2 aromatic heterocycles. The Morgan fingerprint density at radius 1 is 1.35 bits per heavy atom. The molecule has 0 aromatic carbocycles. The van der Waals surface area contributed by atoms with Crippen LogP contribution in [-0.4, -0.2) is 32.0 Å². The lowest BCUT2D eigenvalue weighted by molar-refractivity contribution is 0.175. The molecule has 0 aliphatic carbocycles.